The molecule has 7 nitrogen and oxygen atoms in total. The number of benzene rings is 2. The van der Waals surface area contributed by atoms with E-state index in [-0.39, 0.29) is 16.7 Å². The minimum absolute atomic E-state index is 0.0679. The third kappa shape index (κ3) is 5.73. The van der Waals surface area contributed by atoms with E-state index in [4.69, 9.17) is 9.47 Å². The Labute approximate surface area is 214 Å². The van der Waals surface area contributed by atoms with Crippen LogP contribution in [0.4, 0.5) is 0 Å². The SMILES string of the molecule is CCOc1ccc(C2/C(=C(\O)c3cc(C(C)(C)C)ccc3OC)C(=O)C(=O)N2CCCN(C)C)cc1. The fourth-order valence-electron chi connectivity index (χ4n) is 4.43. The maximum absolute atomic E-state index is 13.4. The lowest BCUT2D eigenvalue weighted by molar-refractivity contribution is -0.139. The van der Waals surface area contributed by atoms with Crippen molar-refractivity contribution in [2.75, 3.05) is 40.9 Å². The van der Waals surface area contributed by atoms with Gasteiger partial charge in [-0.25, -0.2) is 0 Å². The van der Waals surface area contributed by atoms with Gasteiger partial charge < -0.3 is 24.4 Å². The number of Topliss-reactive ketones (excluding diaryl/α,β-unsaturated/α-hetero) is 1. The van der Waals surface area contributed by atoms with Crippen LogP contribution in [0.5, 0.6) is 11.5 Å². The van der Waals surface area contributed by atoms with Crippen LogP contribution in [-0.2, 0) is 15.0 Å². The largest absolute Gasteiger partial charge is 0.507 e. The zero-order chi connectivity index (χ0) is 26.6. The molecule has 1 fully saturated rings. The number of carbonyl (C=O) groups is 2. The molecule has 0 aliphatic carbocycles. The first-order chi connectivity index (χ1) is 17.0. The molecule has 1 aliphatic heterocycles. The fraction of sp³-hybridized carbons (Fsp3) is 0.448. The summed E-state index contributed by atoms with van der Waals surface area (Å²) in [7, 11) is 5.45. The highest BCUT2D eigenvalue weighted by molar-refractivity contribution is 6.46. The number of nitrogens with zero attached hydrogens (tertiary/aromatic N) is 2. The first-order valence-electron chi connectivity index (χ1n) is 12.3. The second kappa shape index (κ2) is 11.2. The summed E-state index contributed by atoms with van der Waals surface area (Å²) >= 11 is 0. The smallest absolute Gasteiger partial charge is 0.295 e. The third-order valence-electron chi connectivity index (χ3n) is 6.37. The van der Waals surface area contributed by atoms with Gasteiger partial charge in [0.15, 0.2) is 0 Å². The van der Waals surface area contributed by atoms with Gasteiger partial charge in [0.05, 0.1) is 30.9 Å². The number of likely N-dealkylation sites (tertiary alicyclic amines) is 1. The van der Waals surface area contributed by atoms with Gasteiger partial charge >= 0.3 is 0 Å². The summed E-state index contributed by atoms with van der Waals surface area (Å²) in [6.07, 6.45) is 0.691. The molecule has 0 aromatic heterocycles. The molecule has 1 saturated heterocycles. The Morgan fingerprint density at radius 1 is 1.08 bits per heavy atom. The molecule has 36 heavy (non-hydrogen) atoms. The van der Waals surface area contributed by atoms with Crippen molar-refractivity contribution < 1.29 is 24.2 Å². The van der Waals surface area contributed by atoms with Gasteiger partial charge in [-0.3, -0.25) is 9.59 Å². The Bertz CT molecular complexity index is 1130. The summed E-state index contributed by atoms with van der Waals surface area (Å²) in [4.78, 5) is 30.2. The summed E-state index contributed by atoms with van der Waals surface area (Å²) in [5.41, 5.74) is 1.98. The van der Waals surface area contributed by atoms with Crippen molar-refractivity contribution in [1.82, 2.24) is 9.80 Å². The highest BCUT2D eigenvalue weighted by atomic mass is 16.5. The van der Waals surface area contributed by atoms with Crippen molar-refractivity contribution >= 4 is 17.4 Å². The van der Waals surface area contributed by atoms with Gasteiger partial charge in [0.25, 0.3) is 11.7 Å². The van der Waals surface area contributed by atoms with Crippen LogP contribution in [0.1, 0.15) is 56.8 Å². The summed E-state index contributed by atoms with van der Waals surface area (Å²) < 4.78 is 11.1. The summed E-state index contributed by atoms with van der Waals surface area (Å²) in [5, 5.41) is 11.6. The highest BCUT2D eigenvalue weighted by Crippen LogP contribution is 2.42. The topological polar surface area (TPSA) is 79.3 Å². The average molecular weight is 495 g/mol. The number of rotatable bonds is 9. The van der Waals surface area contributed by atoms with Gasteiger partial charge in [0, 0.05) is 6.54 Å². The number of hydrogen-bond donors (Lipinski definition) is 1. The first-order valence-corrected chi connectivity index (χ1v) is 12.3. The van der Waals surface area contributed by atoms with Crippen molar-refractivity contribution in [1.29, 1.82) is 0 Å². The zero-order valence-electron chi connectivity index (χ0n) is 22.4. The second-order valence-electron chi connectivity index (χ2n) is 10.3. The van der Waals surface area contributed by atoms with Gasteiger partial charge in [-0.05, 0) is 74.8 Å². The zero-order valence-corrected chi connectivity index (χ0v) is 22.4. The van der Waals surface area contributed by atoms with Crippen LogP contribution in [0.25, 0.3) is 5.76 Å². The molecule has 0 bridgehead atoms. The summed E-state index contributed by atoms with van der Waals surface area (Å²) in [6, 6.07) is 12.2. The molecule has 2 aromatic rings. The molecule has 1 N–H and O–H groups in total. The van der Waals surface area contributed by atoms with Crippen molar-refractivity contribution in [2.45, 2.75) is 45.6 Å². The summed E-state index contributed by atoms with van der Waals surface area (Å²) in [5.74, 6) is -0.403. The molecule has 1 unspecified atom stereocenters. The highest BCUT2D eigenvalue weighted by Gasteiger charge is 2.46. The van der Waals surface area contributed by atoms with Crippen LogP contribution in [-0.4, -0.2) is 67.5 Å². The molecular weight excluding hydrogens is 456 g/mol. The number of carbonyl (C=O) groups excluding carboxylic acids is 2. The number of aliphatic hydroxyl groups is 1. The normalized spacial score (nSPS) is 17.7. The van der Waals surface area contributed by atoms with E-state index >= 15 is 0 Å². The summed E-state index contributed by atoms with van der Waals surface area (Å²) in [6.45, 7) is 9.81. The molecule has 7 heteroatoms. The molecule has 1 amide bonds. The van der Waals surface area contributed by atoms with E-state index in [1.807, 2.05) is 62.3 Å². The minimum Gasteiger partial charge on any atom is -0.507 e. The molecule has 1 atom stereocenters. The number of ketones is 1. The van der Waals surface area contributed by atoms with Crippen molar-refractivity contribution in [3.05, 3.63) is 64.7 Å². The van der Waals surface area contributed by atoms with Gasteiger partial charge in [0.1, 0.15) is 17.3 Å². The van der Waals surface area contributed by atoms with Crippen molar-refractivity contribution in [2.24, 2.45) is 0 Å². The van der Waals surface area contributed by atoms with Crippen LogP contribution in [0.2, 0.25) is 0 Å². The molecule has 0 saturated carbocycles. The Morgan fingerprint density at radius 2 is 1.75 bits per heavy atom. The van der Waals surface area contributed by atoms with Crippen LogP contribution in [0.3, 0.4) is 0 Å². The van der Waals surface area contributed by atoms with Crippen LogP contribution >= 0.6 is 0 Å². The molecule has 1 aliphatic rings. The van der Waals surface area contributed by atoms with E-state index in [1.54, 1.807) is 11.0 Å². The molecule has 3 rings (SSSR count). The predicted octanol–water partition coefficient (Wildman–Crippen LogP) is 4.76. The first kappa shape index (κ1) is 27.3. The number of ether oxygens (including phenoxy) is 2. The molecule has 0 spiro atoms. The number of amides is 1. The van der Waals surface area contributed by atoms with E-state index in [1.165, 1.54) is 7.11 Å². The fourth-order valence-corrected chi connectivity index (χ4v) is 4.43. The molecule has 1 heterocycles. The molecule has 2 aromatic carbocycles. The van der Waals surface area contributed by atoms with E-state index in [9.17, 15) is 14.7 Å². The Kier molecular flexibility index (Phi) is 8.46. The van der Waals surface area contributed by atoms with Gasteiger partial charge in [0.2, 0.25) is 0 Å². The van der Waals surface area contributed by atoms with Crippen LogP contribution in [0.15, 0.2) is 48.0 Å². The maximum atomic E-state index is 13.4. The van der Waals surface area contributed by atoms with E-state index in [0.717, 1.165) is 17.7 Å². The molecule has 194 valence electrons. The Balaban J connectivity index is 2.18. The lowest BCUT2D eigenvalue weighted by Gasteiger charge is -2.26. The number of methoxy groups -OCH3 is 1. The third-order valence-corrected chi connectivity index (χ3v) is 6.37. The number of hydrogen-bond acceptors (Lipinski definition) is 6. The monoisotopic (exact) mass is 494 g/mol. The van der Waals surface area contributed by atoms with Crippen LogP contribution in [0, 0.1) is 0 Å². The van der Waals surface area contributed by atoms with E-state index in [0.29, 0.717) is 36.6 Å². The van der Waals surface area contributed by atoms with E-state index < -0.39 is 17.7 Å². The standard InChI is InChI=1S/C29H38N2O5/c1-8-36-21-13-10-19(11-14-21)25-24(27(33)28(34)31(25)17-9-16-30(5)6)26(32)22-18-20(29(2,3)4)12-15-23(22)35-7/h10-15,18,25,32H,8-9,16-17H2,1-7H3/b26-24+. The maximum Gasteiger partial charge on any atom is 0.295 e. The van der Waals surface area contributed by atoms with Crippen molar-refractivity contribution in [3.8, 4) is 11.5 Å². The second-order valence-corrected chi connectivity index (χ2v) is 10.3. The number of aliphatic hydroxyl groups excluding tert-OH is 1. The average Bonchev–Trinajstić information content (AvgIpc) is 3.08. The van der Waals surface area contributed by atoms with Gasteiger partial charge in [-0.1, -0.05) is 39.0 Å². The van der Waals surface area contributed by atoms with Crippen molar-refractivity contribution in [3.63, 3.8) is 0 Å². The lowest BCUT2D eigenvalue weighted by atomic mass is 9.85. The van der Waals surface area contributed by atoms with Gasteiger partial charge in [-0.2, -0.15) is 0 Å². The van der Waals surface area contributed by atoms with Gasteiger partial charge in [-0.15, -0.1) is 0 Å². The Morgan fingerprint density at radius 3 is 2.31 bits per heavy atom. The van der Waals surface area contributed by atoms with E-state index in [2.05, 4.69) is 20.8 Å². The quantitative estimate of drug-likeness (QED) is 0.308. The molecular formula is C29H38N2O5. The van der Waals surface area contributed by atoms with Crippen LogP contribution < -0.4 is 9.47 Å². The Hall–Kier alpha value is -3.32. The minimum atomic E-state index is -0.717. The predicted molar refractivity (Wildman–Crippen MR) is 141 cm³/mol. The lowest BCUT2D eigenvalue weighted by Crippen LogP contribution is -2.32. The molecule has 0 radical (unpaired) electrons.